The molecule has 0 amide bonds. The van der Waals surface area contributed by atoms with Gasteiger partial charge in [-0.1, -0.05) is 17.2 Å². The van der Waals surface area contributed by atoms with Crippen LogP contribution in [0.2, 0.25) is 5.02 Å². The number of aryl methyl sites for hydroxylation is 2. The van der Waals surface area contributed by atoms with Crippen LogP contribution in [0.3, 0.4) is 0 Å². The summed E-state index contributed by atoms with van der Waals surface area (Å²) in [7, 11) is 1.92. The van der Waals surface area contributed by atoms with Crippen LogP contribution in [0.1, 0.15) is 37.1 Å². The van der Waals surface area contributed by atoms with E-state index in [1.165, 1.54) is 12.0 Å². The summed E-state index contributed by atoms with van der Waals surface area (Å²) in [5.74, 6) is 0. The topological polar surface area (TPSA) is 43.8 Å². The highest BCUT2D eigenvalue weighted by molar-refractivity contribution is 6.32. The van der Waals surface area contributed by atoms with Crippen molar-refractivity contribution in [2.45, 2.75) is 38.6 Å². The molecule has 88 valence electrons. The minimum atomic E-state index is 0.313. The summed E-state index contributed by atoms with van der Waals surface area (Å²) in [6.45, 7) is 1.93. The third-order valence-electron chi connectivity index (χ3n) is 3.13. The molecule has 1 aromatic heterocycles. The number of nitrogens with zero attached hydrogens (tertiary/aromatic N) is 2. The van der Waals surface area contributed by atoms with E-state index in [2.05, 4.69) is 11.2 Å². The first-order valence-corrected chi connectivity index (χ1v) is 6.10. The van der Waals surface area contributed by atoms with Crippen molar-refractivity contribution >= 4 is 17.7 Å². The molecule has 2 N–H and O–H groups in total. The van der Waals surface area contributed by atoms with Crippen molar-refractivity contribution in [1.82, 2.24) is 9.78 Å². The van der Waals surface area contributed by atoms with E-state index >= 15 is 0 Å². The zero-order chi connectivity index (χ0) is 11.7. The van der Waals surface area contributed by atoms with E-state index in [4.69, 9.17) is 17.3 Å². The van der Waals surface area contributed by atoms with Crippen molar-refractivity contribution in [3.05, 3.63) is 22.0 Å². The number of hydrogen-bond acceptors (Lipinski definition) is 2. The van der Waals surface area contributed by atoms with Gasteiger partial charge in [-0.05, 0) is 38.7 Å². The lowest BCUT2D eigenvalue weighted by Crippen LogP contribution is -2.23. The molecule has 1 fully saturated rings. The molecule has 1 aromatic rings. The molecule has 0 saturated heterocycles. The smallest absolute Gasteiger partial charge is 0.0888 e. The van der Waals surface area contributed by atoms with Crippen LogP contribution >= 0.6 is 11.6 Å². The predicted octanol–water partition coefficient (Wildman–Crippen LogP) is 2.67. The lowest BCUT2D eigenvalue weighted by Gasteiger charge is -2.20. The molecule has 0 radical (unpaired) electrons. The summed E-state index contributed by atoms with van der Waals surface area (Å²) in [4.78, 5) is 0. The summed E-state index contributed by atoms with van der Waals surface area (Å²) in [6, 6.07) is 0.313. The van der Waals surface area contributed by atoms with Crippen LogP contribution in [0.5, 0.6) is 0 Å². The van der Waals surface area contributed by atoms with Crippen molar-refractivity contribution < 1.29 is 0 Å². The lowest BCUT2D eigenvalue weighted by atomic mass is 9.90. The average molecular weight is 240 g/mol. The highest BCUT2D eigenvalue weighted by Crippen LogP contribution is 2.27. The Labute approximate surface area is 101 Å². The molecule has 16 heavy (non-hydrogen) atoms. The first-order chi connectivity index (χ1) is 7.58. The van der Waals surface area contributed by atoms with Gasteiger partial charge in [0.2, 0.25) is 0 Å². The van der Waals surface area contributed by atoms with E-state index < -0.39 is 0 Å². The summed E-state index contributed by atoms with van der Waals surface area (Å²) >= 11 is 6.21. The maximum atomic E-state index is 6.21. The highest BCUT2D eigenvalue weighted by atomic mass is 35.5. The molecule has 2 rings (SSSR count). The molecule has 3 nitrogen and oxygen atoms in total. The molecule has 4 heteroatoms. The van der Waals surface area contributed by atoms with Crippen LogP contribution in [0.15, 0.2) is 5.57 Å². The van der Waals surface area contributed by atoms with E-state index in [0.717, 1.165) is 35.7 Å². The number of hydrogen-bond donors (Lipinski definition) is 1. The van der Waals surface area contributed by atoms with Crippen molar-refractivity contribution in [3.63, 3.8) is 0 Å². The summed E-state index contributed by atoms with van der Waals surface area (Å²) in [6.07, 6.45) is 6.59. The van der Waals surface area contributed by atoms with Gasteiger partial charge < -0.3 is 5.73 Å². The summed E-state index contributed by atoms with van der Waals surface area (Å²) in [5, 5.41) is 5.06. The predicted molar refractivity (Wildman–Crippen MR) is 67.4 cm³/mol. The van der Waals surface area contributed by atoms with E-state index in [1.54, 1.807) is 0 Å². The Kier molecular flexibility index (Phi) is 3.36. The Hall–Kier alpha value is -0.800. The molecule has 0 aliphatic heterocycles. The first-order valence-electron chi connectivity index (χ1n) is 5.72. The lowest BCUT2D eigenvalue weighted by molar-refractivity contribution is 0.520. The van der Waals surface area contributed by atoms with Crippen LogP contribution in [0.4, 0.5) is 0 Å². The van der Waals surface area contributed by atoms with Gasteiger partial charge in [0.1, 0.15) is 0 Å². The SMILES string of the molecule is Cc1nn(C)c(C=C2CCCC(N)C2)c1Cl. The number of halogens is 1. The Morgan fingerprint density at radius 1 is 1.56 bits per heavy atom. The van der Waals surface area contributed by atoms with Gasteiger partial charge in [0.15, 0.2) is 0 Å². The van der Waals surface area contributed by atoms with Gasteiger partial charge in [0, 0.05) is 13.1 Å². The fourth-order valence-electron chi connectivity index (χ4n) is 2.26. The minimum absolute atomic E-state index is 0.313. The molecule has 1 unspecified atom stereocenters. The zero-order valence-corrected chi connectivity index (χ0v) is 10.6. The molecular weight excluding hydrogens is 222 g/mol. The third kappa shape index (κ3) is 2.30. The molecule has 1 aliphatic rings. The fraction of sp³-hybridized carbons (Fsp3) is 0.583. The zero-order valence-electron chi connectivity index (χ0n) is 9.83. The van der Waals surface area contributed by atoms with Gasteiger partial charge in [-0.2, -0.15) is 5.10 Å². The number of nitrogens with two attached hydrogens (primary N) is 1. The Bertz CT molecular complexity index is 420. The quantitative estimate of drug-likeness (QED) is 0.819. The van der Waals surface area contributed by atoms with Gasteiger partial charge in [-0.15, -0.1) is 0 Å². The fourth-order valence-corrected chi connectivity index (χ4v) is 2.48. The molecule has 1 aliphatic carbocycles. The highest BCUT2D eigenvalue weighted by Gasteiger charge is 2.15. The van der Waals surface area contributed by atoms with Crippen LogP contribution in [-0.2, 0) is 7.05 Å². The molecule has 1 heterocycles. The Balaban J connectivity index is 2.27. The largest absolute Gasteiger partial charge is 0.327 e. The van der Waals surface area contributed by atoms with Gasteiger partial charge >= 0.3 is 0 Å². The van der Waals surface area contributed by atoms with Crippen molar-refractivity contribution in [1.29, 1.82) is 0 Å². The normalized spacial score (nSPS) is 24.0. The molecule has 0 bridgehead atoms. The standard InChI is InChI=1S/C12H18ClN3/c1-8-12(13)11(16(2)15-8)7-9-4-3-5-10(14)6-9/h7,10H,3-6,14H2,1-2H3. The van der Waals surface area contributed by atoms with Gasteiger partial charge in [0.05, 0.1) is 16.4 Å². The first kappa shape index (κ1) is 11.7. The monoisotopic (exact) mass is 239 g/mol. The van der Waals surface area contributed by atoms with E-state index in [-0.39, 0.29) is 0 Å². The maximum absolute atomic E-state index is 6.21. The van der Waals surface area contributed by atoms with Crippen LogP contribution in [-0.4, -0.2) is 15.8 Å². The molecule has 1 saturated carbocycles. The molecule has 0 spiro atoms. The Morgan fingerprint density at radius 2 is 2.31 bits per heavy atom. The van der Waals surface area contributed by atoms with Crippen molar-refractivity contribution in [2.24, 2.45) is 12.8 Å². The van der Waals surface area contributed by atoms with Gasteiger partial charge in [-0.3, -0.25) is 4.68 Å². The summed E-state index contributed by atoms with van der Waals surface area (Å²) < 4.78 is 1.84. The Morgan fingerprint density at radius 3 is 2.88 bits per heavy atom. The van der Waals surface area contributed by atoms with E-state index in [1.807, 2.05) is 18.7 Å². The van der Waals surface area contributed by atoms with E-state index in [9.17, 15) is 0 Å². The van der Waals surface area contributed by atoms with Crippen LogP contribution in [0.25, 0.3) is 6.08 Å². The number of rotatable bonds is 1. The van der Waals surface area contributed by atoms with Crippen LogP contribution in [0, 0.1) is 6.92 Å². The number of aromatic nitrogens is 2. The van der Waals surface area contributed by atoms with Crippen molar-refractivity contribution in [3.8, 4) is 0 Å². The van der Waals surface area contributed by atoms with Crippen LogP contribution < -0.4 is 5.73 Å². The third-order valence-corrected chi connectivity index (χ3v) is 3.60. The minimum Gasteiger partial charge on any atom is -0.327 e. The second-order valence-corrected chi connectivity index (χ2v) is 4.95. The van der Waals surface area contributed by atoms with Gasteiger partial charge in [0.25, 0.3) is 0 Å². The van der Waals surface area contributed by atoms with Gasteiger partial charge in [-0.25, -0.2) is 0 Å². The average Bonchev–Trinajstić information content (AvgIpc) is 2.45. The van der Waals surface area contributed by atoms with E-state index in [0.29, 0.717) is 6.04 Å². The molecule has 0 aromatic carbocycles. The molecule has 1 atom stereocenters. The molecular formula is C12H18ClN3. The summed E-state index contributed by atoms with van der Waals surface area (Å²) in [5.41, 5.74) is 9.24. The second kappa shape index (κ2) is 4.60. The van der Waals surface area contributed by atoms with Crippen molar-refractivity contribution in [2.75, 3.05) is 0 Å². The maximum Gasteiger partial charge on any atom is 0.0888 e. The second-order valence-electron chi connectivity index (χ2n) is 4.57.